The lowest BCUT2D eigenvalue weighted by atomic mass is 10.0. The van der Waals surface area contributed by atoms with Crippen molar-refractivity contribution in [2.24, 2.45) is 5.92 Å². The summed E-state index contributed by atoms with van der Waals surface area (Å²) in [6, 6.07) is 4.48. The summed E-state index contributed by atoms with van der Waals surface area (Å²) in [6.07, 6.45) is 0. The Morgan fingerprint density at radius 3 is 2.37 bits per heavy atom. The van der Waals surface area contributed by atoms with Crippen molar-refractivity contribution in [1.29, 1.82) is 0 Å². The summed E-state index contributed by atoms with van der Waals surface area (Å²) in [7, 11) is 0. The van der Waals surface area contributed by atoms with Gasteiger partial charge < -0.3 is 10.6 Å². The maximum absolute atomic E-state index is 12.8. The zero-order valence-corrected chi connectivity index (χ0v) is 18.1. The van der Waals surface area contributed by atoms with Gasteiger partial charge in [-0.1, -0.05) is 39.3 Å². The van der Waals surface area contributed by atoms with Gasteiger partial charge in [0.2, 0.25) is 5.91 Å². The van der Waals surface area contributed by atoms with Gasteiger partial charge in [-0.3, -0.25) is 19.7 Å². The van der Waals surface area contributed by atoms with E-state index in [0.717, 1.165) is 6.07 Å². The van der Waals surface area contributed by atoms with Gasteiger partial charge in [-0.15, -0.1) is 0 Å². The maximum atomic E-state index is 12.8. The molecule has 1 aromatic heterocycles. The van der Waals surface area contributed by atoms with Crippen LogP contribution in [0.15, 0.2) is 24.3 Å². The average molecular weight is 434 g/mol. The predicted molar refractivity (Wildman–Crippen MR) is 114 cm³/mol. The number of hydrogen-bond acceptors (Lipinski definition) is 6. The van der Waals surface area contributed by atoms with E-state index in [0.29, 0.717) is 17.3 Å². The summed E-state index contributed by atoms with van der Waals surface area (Å²) < 4.78 is 0. The zero-order chi connectivity index (χ0) is 22.6. The lowest BCUT2D eigenvalue weighted by Crippen LogP contribution is -2.47. The van der Waals surface area contributed by atoms with E-state index < -0.39 is 22.8 Å². The first-order chi connectivity index (χ1) is 14.0. The topological polar surface area (TPSA) is 127 Å². The first kappa shape index (κ1) is 23.2. The van der Waals surface area contributed by atoms with E-state index in [2.05, 4.69) is 20.6 Å². The predicted octanol–water partition coefficient (Wildman–Crippen LogP) is 3.86. The van der Waals surface area contributed by atoms with E-state index in [1.165, 1.54) is 12.1 Å². The van der Waals surface area contributed by atoms with Gasteiger partial charge in [-0.05, 0) is 25.0 Å². The lowest BCUT2D eigenvalue weighted by molar-refractivity contribution is -0.384. The molecule has 0 spiro atoms. The Labute approximate surface area is 179 Å². The Kier molecular flexibility index (Phi) is 7.44. The van der Waals surface area contributed by atoms with Crippen molar-refractivity contribution in [3.8, 4) is 0 Å². The molecule has 1 heterocycles. The number of anilines is 1. The van der Waals surface area contributed by atoms with E-state index in [-0.39, 0.29) is 28.1 Å². The maximum Gasteiger partial charge on any atom is 0.288 e. The van der Waals surface area contributed by atoms with E-state index in [1.54, 1.807) is 26.8 Å². The number of halogens is 1. The minimum absolute atomic E-state index is 0.0320. The van der Waals surface area contributed by atoms with Gasteiger partial charge in [-0.25, -0.2) is 9.97 Å². The molecule has 10 heteroatoms. The van der Waals surface area contributed by atoms with Gasteiger partial charge in [-0.2, -0.15) is 0 Å². The number of nitro groups is 1. The third-order valence-electron chi connectivity index (χ3n) is 4.28. The quantitative estimate of drug-likeness (QED) is 0.504. The number of nitrogens with zero attached hydrogens (tertiary/aromatic N) is 3. The van der Waals surface area contributed by atoms with Crippen molar-refractivity contribution in [1.82, 2.24) is 15.3 Å². The van der Waals surface area contributed by atoms with Crippen LogP contribution in [0.25, 0.3) is 0 Å². The van der Waals surface area contributed by atoms with Gasteiger partial charge >= 0.3 is 0 Å². The normalized spacial score (nSPS) is 12.0. The molecule has 1 atom stereocenters. The van der Waals surface area contributed by atoms with E-state index in [1.807, 2.05) is 13.8 Å². The number of rotatable bonds is 7. The molecule has 0 fully saturated rings. The highest BCUT2D eigenvalue weighted by Crippen LogP contribution is 2.25. The van der Waals surface area contributed by atoms with E-state index >= 15 is 0 Å². The second-order valence-corrected chi connectivity index (χ2v) is 7.92. The standard InChI is InChI=1S/C20H24ClN5O4/c1-10(2)17(20(28)24-16-8-12(5)22-18(23-16)11(3)4)25-19(27)13-6-7-14(21)15(9-13)26(29)30/h6-11,17H,1-5H3,(H,25,27)(H,22,23,24,28). The smallest absolute Gasteiger partial charge is 0.288 e. The molecule has 2 aromatic rings. The number of carbonyl (C=O) groups is 2. The fourth-order valence-electron chi connectivity index (χ4n) is 2.67. The number of nitro benzene ring substituents is 1. The zero-order valence-electron chi connectivity index (χ0n) is 17.4. The van der Waals surface area contributed by atoms with Crippen LogP contribution in [0.4, 0.5) is 11.5 Å². The minimum Gasteiger partial charge on any atom is -0.340 e. The van der Waals surface area contributed by atoms with E-state index in [4.69, 9.17) is 11.6 Å². The van der Waals surface area contributed by atoms with Gasteiger partial charge in [0.05, 0.1) is 4.92 Å². The molecule has 2 N–H and O–H groups in total. The number of aryl methyl sites for hydroxylation is 1. The van der Waals surface area contributed by atoms with Crippen LogP contribution in [-0.2, 0) is 4.79 Å². The van der Waals surface area contributed by atoms with Crippen LogP contribution in [0.1, 0.15) is 55.5 Å². The molecule has 2 rings (SSSR count). The molecule has 0 saturated heterocycles. The molecule has 30 heavy (non-hydrogen) atoms. The Bertz CT molecular complexity index is 978. The van der Waals surface area contributed by atoms with Gasteiger partial charge in [0.15, 0.2) is 0 Å². The molecule has 160 valence electrons. The van der Waals surface area contributed by atoms with Crippen LogP contribution in [0.5, 0.6) is 0 Å². The van der Waals surface area contributed by atoms with Crippen LogP contribution in [-0.4, -0.2) is 32.7 Å². The van der Waals surface area contributed by atoms with Crippen LogP contribution in [0, 0.1) is 23.0 Å². The molecule has 0 saturated carbocycles. The second kappa shape index (κ2) is 9.62. The van der Waals surface area contributed by atoms with Crippen molar-refractivity contribution in [2.45, 2.75) is 46.6 Å². The molecule has 0 aliphatic carbocycles. The molecule has 0 aliphatic rings. The van der Waals surface area contributed by atoms with Crippen LogP contribution in [0.3, 0.4) is 0 Å². The van der Waals surface area contributed by atoms with Crippen LogP contribution in [0.2, 0.25) is 5.02 Å². The van der Waals surface area contributed by atoms with Gasteiger partial charge in [0.1, 0.15) is 22.7 Å². The molecule has 1 aromatic carbocycles. The molecule has 0 aliphatic heterocycles. The Balaban J connectivity index is 2.22. The van der Waals surface area contributed by atoms with Crippen molar-refractivity contribution < 1.29 is 14.5 Å². The number of carbonyl (C=O) groups excluding carboxylic acids is 2. The Morgan fingerprint density at radius 1 is 1.13 bits per heavy atom. The number of aromatic nitrogens is 2. The SMILES string of the molecule is Cc1cc(NC(=O)C(NC(=O)c2ccc(Cl)c([N+](=O)[O-])c2)C(C)C)nc(C(C)C)n1. The first-order valence-corrected chi connectivity index (χ1v) is 9.78. The molecular formula is C20H24ClN5O4. The summed E-state index contributed by atoms with van der Waals surface area (Å²) in [5.41, 5.74) is 0.361. The summed E-state index contributed by atoms with van der Waals surface area (Å²) in [6.45, 7) is 9.25. The molecule has 9 nitrogen and oxygen atoms in total. The monoisotopic (exact) mass is 433 g/mol. The largest absolute Gasteiger partial charge is 0.340 e. The van der Waals surface area contributed by atoms with Crippen molar-refractivity contribution in [3.05, 3.63) is 56.5 Å². The molecular weight excluding hydrogens is 410 g/mol. The number of nitrogens with one attached hydrogen (secondary N) is 2. The van der Waals surface area contributed by atoms with Crippen molar-refractivity contribution >= 4 is 34.9 Å². The Morgan fingerprint density at radius 2 is 1.80 bits per heavy atom. The summed E-state index contributed by atoms with van der Waals surface area (Å²) in [5, 5.41) is 16.3. The highest BCUT2D eigenvalue weighted by Gasteiger charge is 2.26. The van der Waals surface area contributed by atoms with Crippen molar-refractivity contribution in [2.75, 3.05) is 5.32 Å². The van der Waals surface area contributed by atoms with Gasteiger partial charge in [0.25, 0.3) is 11.6 Å². The summed E-state index contributed by atoms with van der Waals surface area (Å²) >= 11 is 5.79. The van der Waals surface area contributed by atoms with Gasteiger partial charge in [0, 0.05) is 29.3 Å². The number of amides is 2. The fraction of sp³-hybridized carbons (Fsp3) is 0.400. The third kappa shape index (κ3) is 5.73. The minimum atomic E-state index is -0.884. The van der Waals surface area contributed by atoms with E-state index in [9.17, 15) is 19.7 Å². The number of hydrogen-bond donors (Lipinski definition) is 2. The number of benzene rings is 1. The fourth-order valence-corrected chi connectivity index (χ4v) is 2.86. The van der Waals surface area contributed by atoms with Crippen LogP contribution >= 0.6 is 11.6 Å². The summed E-state index contributed by atoms with van der Waals surface area (Å²) in [5.74, 6) is -0.285. The lowest BCUT2D eigenvalue weighted by Gasteiger charge is -2.22. The first-order valence-electron chi connectivity index (χ1n) is 9.40. The second-order valence-electron chi connectivity index (χ2n) is 7.52. The Hall–Kier alpha value is -3.07. The highest BCUT2D eigenvalue weighted by molar-refractivity contribution is 6.32. The third-order valence-corrected chi connectivity index (χ3v) is 4.60. The van der Waals surface area contributed by atoms with Crippen LogP contribution < -0.4 is 10.6 Å². The summed E-state index contributed by atoms with van der Waals surface area (Å²) in [4.78, 5) is 44.5. The molecule has 1 unspecified atom stereocenters. The molecule has 0 bridgehead atoms. The molecule has 2 amide bonds. The van der Waals surface area contributed by atoms with Crippen molar-refractivity contribution in [3.63, 3.8) is 0 Å². The average Bonchev–Trinajstić information content (AvgIpc) is 2.65. The molecule has 0 radical (unpaired) electrons. The highest BCUT2D eigenvalue weighted by atomic mass is 35.5.